The van der Waals surface area contributed by atoms with Crippen LogP contribution in [0.5, 0.6) is 0 Å². The summed E-state index contributed by atoms with van der Waals surface area (Å²) in [6, 6.07) is 3.55. The first kappa shape index (κ1) is 17.9. The molecule has 0 bridgehead atoms. The third-order valence-corrected chi connectivity index (χ3v) is 3.87. The summed E-state index contributed by atoms with van der Waals surface area (Å²) in [6.07, 6.45) is 2.13. The zero-order valence-corrected chi connectivity index (χ0v) is 12.9. The molecule has 1 aliphatic rings. The van der Waals surface area contributed by atoms with Crippen molar-refractivity contribution >= 4 is 18.3 Å². The van der Waals surface area contributed by atoms with Gasteiger partial charge in [0.1, 0.15) is 0 Å². The summed E-state index contributed by atoms with van der Waals surface area (Å²) < 4.78 is 25.8. The summed E-state index contributed by atoms with van der Waals surface area (Å²) >= 11 is 0. The highest BCUT2D eigenvalue weighted by Crippen LogP contribution is 2.26. The number of carbonyl (C=O) groups excluding carboxylic acids is 1. The Morgan fingerprint density at radius 1 is 1.29 bits per heavy atom. The first-order valence-electron chi connectivity index (χ1n) is 6.90. The number of halogens is 3. The van der Waals surface area contributed by atoms with Gasteiger partial charge in [-0.05, 0) is 49.0 Å². The molecule has 1 fully saturated rings. The smallest absolute Gasteiger partial charge is 0.224 e. The maximum atomic E-state index is 13.1. The fourth-order valence-corrected chi connectivity index (χ4v) is 2.42. The quantitative estimate of drug-likeness (QED) is 0.895. The van der Waals surface area contributed by atoms with Crippen LogP contribution in [0.15, 0.2) is 18.2 Å². The van der Waals surface area contributed by atoms with Gasteiger partial charge in [-0.3, -0.25) is 4.79 Å². The molecule has 1 saturated heterocycles. The van der Waals surface area contributed by atoms with Crippen molar-refractivity contribution in [3.8, 4) is 0 Å². The molecule has 0 spiro atoms. The van der Waals surface area contributed by atoms with Gasteiger partial charge in [-0.2, -0.15) is 0 Å². The Hall–Kier alpha value is -1.20. The van der Waals surface area contributed by atoms with Gasteiger partial charge in [0.05, 0.1) is 6.42 Å². The monoisotopic (exact) mass is 318 g/mol. The molecule has 21 heavy (non-hydrogen) atoms. The lowest BCUT2D eigenvalue weighted by atomic mass is 9.81. The lowest BCUT2D eigenvalue weighted by molar-refractivity contribution is -0.121. The molecule has 0 saturated carbocycles. The predicted octanol–water partition coefficient (Wildman–Crippen LogP) is 2.44. The average molecular weight is 319 g/mol. The number of carbonyl (C=O) groups is 1. The van der Waals surface area contributed by atoms with E-state index in [0.29, 0.717) is 12.1 Å². The van der Waals surface area contributed by atoms with E-state index in [4.69, 9.17) is 0 Å². The van der Waals surface area contributed by atoms with E-state index in [1.54, 1.807) is 0 Å². The topological polar surface area (TPSA) is 41.1 Å². The van der Waals surface area contributed by atoms with E-state index >= 15 is 0 Å². The second-order valence-electron chi connectivity index (χ2n) is 5.76. The molecule has 2 rings (SSSR count). The Labute approximate surface area is 129 Å². The number of nitrogens with one attached hydrogen (secondary N) is 2. The second kappa shape index (κ2) is 7.71. The van der Waals surface area contributed by atoms with Crippen LogP contribution < -0.4 is 10.6 Å². The molecule has 0 radical (unpaired) electrons. The van der Waals surface area contributed by atoms with Gasteiger partial charge in [-0.1, -0.05) is 13.0 Å². The van der Waals surface area contributed by atoms with E-state index in [1.807, 2.05) is 0 Å². The van der Waals surface area contributed by atoms with Crippen molar-refractivity contribution in [1.82, 2.24) is 10.6 Å². The fraction of sp³-hybridized carbons (Fsp3) is 0.533. The molecule has 2 N–H and O–H groups in total. The maximum Gasteiger partial charge on any atom is 0.224 e. The third-order valence-electron chi connectivity index (χ3n) is 3.87. The van der Waals surface area contributed by atoms with Crippen molar-refractivity contribution in [1.29, 1.82) is 0 Å². The van der Waals surface area contributed by atoms with E-state index in [-0.39, 0.29) is 30.2 Å². The number of benzene rings is 1. The van der Waals surface area contributed by atoms with Crippen molar-refractivity contribution in [3.63, 3.8) is 0 Å². The Kier molecular flexibility index (Phi) is 6.55. The zero-order chi connectivity index (χ0) is 14.6. The summed E-state index contributed by atoms with van der Waals surface area (Å²) in [7, 11) is 0. The highest BCUT2D eigenvalue weighted by Gasteiger charge is 2.26. The normalized spacial score (nSPS) is 16.9. The molecule has 0 unspecified atom stereocenters. The van der Waals surface area contributed by atoms with E-state index in [2.05, 4.69) is 17.6 Å². The molecule has 6 heteroatoms. The molecule has 1 heterocycles. The van der Waals surface area contributed by atoms with Crippen LogP contribution >= 0.6 is 12.4 Å². The minimum Gasteiger partial charge on any atom is -0.355 e. The van der Waals surface area contributed by atoms with Crippen LogP contribution in [0.4, 0.5) is 8.78 Å². The van der Waals surface area contributed by atoms with Crippen LogP contribution in [-0.4, -0.2) is 25.5 Å². The Morgan fingerprint density at radius 2 is 1.95 bits per heavy atom. The summed E-state index contributed by atoms with van der Waals surface area (Å²) in [6.45, 7) is 4.72. The van der Waals surface area contributed by atoms with Gasteiger partial charge in [0.15, 0.2) is 11.6 Å². The average Bonchev–Trinajstić information content (AvgIpc) is 2.42. The highest BCUT2D eigenvalue weighted by atomic mass is 35.5. The Morgan fingerprint density at radius 3 is 2.57 bits per heavy atom. The summed E-state index contributed by atoms with van der Waals surface area (Å²) in [5, 5.41) is 6.18. The summed E-state index contributed by atoms with van der Waals surface area (Å²) in [5.74, 6) is -1.97. The van der Waals surface area contributed by atoms with Crippen molar-refractivity contribution in [2.45, 2.75) is 26.2 Å². The fourth-order valence-electron chi connectivity index (χ4n) is 2.42. The Balaban J connectivity index is 0.00000220. The van der Waals surface area contributed by atoms with Crippen molar-refractivity contribution in [2.24, 2.45) is 5.41 Å². The van der Waals surface area contributed by atoms with Gasteiger partial charge in [-0.25, -0.2) is 8.78 Å². The second-order valence-corrected chi connectivity index (χ2v) is 5.76. The largest absolute Gasteiger partial charge is 0.355 e. The molecule has 1 aliphatic heterocycles. The van der Waals surface area contributed by atoms with Crippen molar-refractivity contribution in [3.05, 3.63) is 35.4 Å². The first-order chi connectivity index (χ1) is 9.48. The minimum atomic E-state index is -0.916. The lowest BCUT2D eigenvalue weighted by Crippen LogP contribution is -2.43. The number of piperidine rings is 1. The number of hydrogen-bond donors (Lipinski definition) is 2. The molecule has 0 aliphatic carbocycles. The molecule has 0 aromatic heterocycles. The first-order valence-corrected chi connectivity index (χ1v) is 6.90. The number of amides is 1. The van der Waals surface area contributed by atoms with Crippen LogP contribution in [0.3, 0.4) is 0 Å². The third kappa shape index (κ3) is 5.25. The van der Waals surface area contributed by atoms with E-state index in [0.717, 1.165) is 38.1 Å². The van der Waals surface area contributed by atoms with E-state index in [1.165, 1.54) is 6.07 Å². The van der Waals surface area contributed by atoms with E-state index < -0.39 is 11.6 Å². The highest BCUT2D eigenvalue weighted by molar-refractivity contribution is 5.85. The molecule has 1 amide bonds. The zero-order valence-electron chi connectivity index (χ0n) is 12.0. The van der Waals surface area contributed by atoms with Gasteiger partial charge in [0, 0.05) is 6.54 Å². The van der Waals surface area contributed by atoms with Crippen LogP contribution in [0.1, 0.15) is 25.3 Å². The maximum absolute atomic E-state index is 13.1. The molecule has 1 aromatic rings. The van der Waals surface area contributed by atoms with E-state index in [9.17, 15) is 13.6 Å². The molecule has 118 valence electrons. The molecular weight excluding hydrogens is 298 g/mol. The van der Waals surface area contributed by atoms with Crippen LogP contribution in [0, 0.1) is 17.0 Å². The SMILES string of the molecule is CC1(CNC(=O)Cc2ccc(F)c(F)c2)CCNCC1.Cl. The van der Waals surface area contributed by atoms with Gasteiger partial charge in [0.2, 0.25) is 5.91 Å². The molecule has 0 atom stereocenters. The number of rotatable bonds is 4. The minimum absolute atomic E-state index is 0. The van der Waals surface area contributed by atoms with Gasteiger partial charge in [-0.15, -0.1) is 12.4 Å². The van der Waals surface area contributed by atoms with Crippen molar-refractivity contribution in [2.75, 3.05) is 19.6 Å². The lowest BCUT2D eigenvalue weighted by Gasteiger charge is -2.34. The van der Waals surface area contributed by atoms with Gasteiger partial charge < -0.3 is 10.6 Å². The van der Waals surface area contributed by atoms with Crippen LogP contribution in [0.2, 0.25) is 0 Å². The molecular formula is C15H21ClF2N2O. The predicted molar refractivity (Wildman–Crippen MR) is 80.5 cm³/mol. The standard InChI is InChI=1S/C15H20F2N2O.ClH/c1-15(4-6-18-7-5-15)10-19-14(20)9-11-2-3-12(16)13(17)8-11;/h2-3,8,18H,4-7,9-10H2,1H3,(H,19,20);1H. The van der Waals surface area contributed by atoms with Crippen LogP contribution in [0.25, 0.3) is 0 Å². The van der Waals surface area contributed by atoms with Gasteiger partial charge in [0.25, 0.3) is 0 Å². The Bertz CT molecular complexity index is 491. The molecule has 1 aromatic carbocycles. The summed E-state index contributed by atoms with van der Waals surface area (Å²) in [4.78, 5) is 11.9. The van der Waals surface area contributed by atoms with Crippen molar-refractivity contribution < 1.29 is 13.6 Å². The summed E-state index contributed by atoms with van der Waals surface area (Å²) in [5.41, 5.74) is 0.603. The van der Waals surface area contributed by atoms with Crippen LogP contribution in [-0.2, 0) is 11.2 Å². The molecule has 3 nitrogen and oxygen atoms in total. The number of hydrogen-bond acceptors (Lipinski definition) is 2. The van der Waals surface area contributed by atoms with Gasteiger partial charge >= 0.3 is 0 Å².